The Kier molecular flexibility index (Phi) is 4.35. The molecule has 0 spiro atoms. The van der Waals surface area contributed by atoms with E-state index in [1.807, 2.05) is 51.1 Å². The molecule has 2 aromatic rings. The predicted molar refractivity (Wildman–Crippen MR) is 101 cm³/mol. The number of hydrogen-bond acceptors (Lipinski definition) is 5. The average Bonchev–Trinajstić information content (AvgIpc) is 2.59. The van der Waals surface area contributed by atoms with Crippen molar-refractivity contribution in [3.05, 3.63) is 42.1 Å². The van der Waals surface area contributed by atoms with Crippen LogP contribution in [0.25, 0.3) is 10.9 Å². The van der Waals surface area contributed by atoms with Crippen LogP contribution in [0, 0.1) is 0 Å². The number of amides is 1. The number of hydrogen-bond donors (Lipinski definition) is 1. The highest BCUT2D eigenvalue weighted by Crippen LogP contribution is 2.42. The summed E-state index contributed by atoms with van der Waals surface area (Å²) in [5, 5.41) is 12.5. The second-order valence-electron chi connectivity index (χ2n) is 8.58. The summed E-state index contributed by atoms with van der Waals surface area (Å²) < 4.78 is 11.3. The van der Waals surface area contributed by atoms with Gasteiger partial charge in [-0.05, 0) is 44.5 Å². The molecule has 3 heterocycles. The van der Waals surface area contributed by atoms with Gasteiger partial charge in [0, 0.05) is 24.4 Å². The minimum Gasteiger partial charge on any atom is -0.444 e. The number of nitrogens with zero attached hydrogens (tertiary/aromatic N) is 2. The lowest BCUT2D eigenvalue weighted by Crippen LogP contribution is -2.63. The molecular weight excluding hydrogens is 344 g/mol. The number of piperidine rings is 1. The van der Waals surface area contributed by atoms with Crippen molar-refractivity contribution in [3.8, 4) is 0 Å². The number of aliphatic hydroxyl groups is 1. The van der Waals surface area contributed by atoms with Gasteiger partial charge in [0.15, 0.2) is 0 Å². The van der Waals surface area contributed by atoms with E-state index >= 15 is 0 Å². The monoisotopic (exact) mass is 370 g/mol. The van der Waals surface area contributed by atoms with E-state index in [0.717, 1.165) is 16.5 Å². The van der Waals surface area contributed by atoms with Crippen molar-refractivity contribution in [1.82, 2.24) is 9.88 Å². The van der Waals surface area contributed by atoms with Crippen molar-refractivity contribution in [1.29, 1.82) is 0 Å². The number of carbonyl (C=O) groups excluding carboxylic acids is 1. The molecule has 2 bridgehead atoms. The maximum atomic E-state index is 12.7. The fourth-order valence-electron chi connectivity index (χ4n) is 4.19. The molecule has 1 aromatic carbocycles. The molecule has 1 amide bonds. The standard InChI is InChI=1S/C21H26N2O4/c1-20(2,3)27-19(24)23-16-10-21(25,11-17(23)13-26-12-16)15-6-7-18-14(9-15)5-4-8-22-18/h4-9,16-17,25H,10-13H2,1-3H3. The molecule has 2 atom stereocenters. The molecule has 2 aliphatic rings. The molecule has 1 aromatic heterocycles. The summed E-state index contributed by atoms with van der Waals surface area (Å²) in [6.45, 7) is 6.40. The van der Waals surface area contributed by atoms with Gasteiger partial charge in [-0.15, -0.1) is 0 Å². The van der Waals surface area contributed by atoms with Crippen molar-refractivity contribution in [2.75, 3.05) is 13.2 Å². The second kappa shape index (κ2) is 6.46. The molecule has 6 nitrogen and oxygen atoms in total. The van der Waals surface area contributed by atoms with Crippen LogP contribution in [0.1, 0.15) is 39.2 Å². The van der Waals surface area contributed by atoms with E-state index in [0.29, 0.717) is 26.1 Å². The number of ether oxygens (including phenoxy) is 2. The maximum Gasteiger partial charge on any atom is 0.410 e. The summed E-state index contributed by atoms with van der Waals surface area (Å²) in [5.41, 5.74) is 0.218. The number of pyridine rings is 1. The Bertz CT molecular complexity index is 847. The van der Waals surface area contributed by atoms with Gasteiger partial charge in [-0.3, -0.25) is 9.88 Å². The molecule has 6 heteroatoms. The van der Waals surface area contributed by atoms with E-state index < -0.39 is 11.2 Å². The van der Waals surface area contributed by atoms with Crippen molar-refractivity contribution >= 4 is 17.0 Å². The van der Waals surface area contributed by atoms with Gasteiger partial charge in [-0.1, -0.05) is 12.1 Å². The Morgan fingerprint density at radius 1 is 1.26 bits per heavy atom. The smallest absolute Gasteiger partial charge is 0.410 e. The first-order valence-corrected chi connectivity index (χ1v) is 9.42. The van der Waals surface area contributed by atoms with Crippen LogP contribution in [-0.4, -0.2) is 52.0 Å². The van der Waals surface area contributed by atoms with E-state index in [9.17, 15) is 9.90 Å². The molecule has 1 N–H and O–H groups in total. The zero-order chi connectivity index (χ0) is 19.2. The minimum atomic E-state index is -0.998. The Morgan fingerprint density at radius 2 is 1.96 bits per heavy atom. The summed E-state index contributed by atoms with van der Waals surface area (Å²) in [6.07, 6.45) is 2.28. The predicted octanol–water partition coefficient (Wildman–Crippen LogP) is 3.22. The van der Waals surface area contributed by atoms with Crippen molar-refractivity contribution < 1.29 is 19.4 Å². The summed E-state index contributed by atoms with van der Waals surface area (Å²) >= 11 is 0. The van der Waals surface area contributed by atoms with Crippen molar-refractivity contribution in [2.24, 2.45) is 0 Å². The summed E-state index contributed by atoms with van der Waals surface area (Å²) in [7, 11) is 0. The van der Waals surface area contributed by atoms with Gasteiger partial charge in [-0.2, -0.15) is 0 Å². The van der Waals surface area contributed by atoms with E-state index in [1.54, 1.807) is 11.1 Å². The Hall–Kier alpha value is -2.18. The molecule has 0 aliphatic carbocycles. The minimum absolute atomic E-state index is 0.207. The molecular formula is C21H26N2O4. The first-order chi connectivity index (χ1) is 12.8. The van der Waals surface area contributed by atoms with Crippen molar-refractivity contribution in [3.63, 3.8) is 0 Å². The molecule has 2 fully saturated rings. The number of benzene rings is 1. The van der Waals surface area contributed by atoms with Gasteiger partial charge in [0.2, 0.25) is 0 Å². The van der Waals surface area contributed by atoms with Crippen molar-refractivity contribution in [2.45, 2.75) is 56.9 Å². The number of aromatic nitrogens is 1. The van der Waals surface area contributed by atoms with E-state index in [-0.39, 0.29) is 18.2 Å². The fraction of sp³-hybridized carbons (Fsp3) is 0.524. The van der Waals surface area contributed by atoms with Crippen LogP contribution in [0.3, 0.4) is 0 Å². The van der Waals surface area contributed by atoms with Gasteiger partial charge in [0.1, 0.15) is 5.60 Å². The van der Waals surface area contributed by atoms with Gasteiger partial charge in [-0.25, -0.2) is 4.79 Å². The molecule has 0 radical (unpaired) electrons. The molecule has 2 unspecified atom stereocenters. The lowest BCUT2D eigenvalue weighted by Gasteiger charge is -2.51. The quantitative estimate of drug-likeness (QED) is 0.834. The lowest BCUT2D eigenvalue weighted by molar-refractivity contribution is -0.141. The number of fused-ring (bicyclic) bond motifs is 3. The van der Waals surface area contributed by atoms with Crippen LogP contribution in [0.4, 0.5) is 4.79 Å². The zero-order valence-corrected chi connectivity index (χ0v) is 16.0. The first-order valence-electron chi connectivity index (χ1n) is 9.42. The van der Waals surface area contributed by atoms with Crippen LogP contribution < -0.4 is 0 Å². The molecule has 0 saturated carbocycles. The summed E-state index contributed by atoms with van der Waals surface area (Å²) in [5.74, 6) is 0. The Labute approximate surface area is 159 Å². The third-order valence-electron chi connectivity index (χ3n) is 5.30. The van der Waals surface area contributed by atoms with Crippen LogP contribution in [0.15, 0.2) is 36.5 Å². The van der Waals surface area contributed by atoms with Gasteiger partial charge >= 0.3 is 6.09 Å². The maximum absolute atomic E-state index is 12.7. The van der Waals surface area contributed by atoms with Crippen LogP contribution in [-0.2, 0) is 15.1 Å². The number of morpholine rings is 1. The summed E-state index contributed by atoms with van der Waals surface area (Å²) in [4.78, 5) is 18.8. The third kappa shape index (κ3) is 3.51. The third-order valence-corrected chi connectivity index (χ3v) is 5.30. The van der Waals surface area contributed by atoms with E-state index in [1.165, 1.54) is 0 Å². The van der Waals surface area contributed by atoms with Gasteiger partial charge in [0.25, 0.3) is 0 Å². The average molecular weight is 370 g/mol. The van der Waals surface area contributed by atoms with Crippen LogP contribution >= 0.6 is 0 Å². The van der Waals surface area contributed by atoms with E-state index in [2.05, 4.69) is 4.98 Å². The van der Waals surface area contributed by atoms with Crippen LogP contribution in [0.2, 0.25) is 0 Å². The lowest BCUT2D eigenvalue weighted by atomic mass is 9.76. The van der Waals surface area contributed by atoms with Crippen LogP contribution in [0.5, 0.6) is 0 Å². The highest BCUT2D eigenvalue weighted by atomic mass is 16.6. The fourth-order valence-corrected chi connectivity index (χ4v) is 4.19. The largest absolute Gasteiger partial charge is 0.444 e. The van der Waals surface area contributed by atoms with Gasteiger partial charge < -0.3 is 14.6 Å². The highest BCUT2D eigenvalue weighted by molar-refractivity contribution is 5.79. The molecule has 27 heavy (non-hydrogen) atoms. The number of carbonyl (C=O) groups is 1. The summed E-state index contributed by atoms with van der Waals surface area (Å²) in [6, 6.07) is 9.36. The number of rotatable bonds is 1. The molecule has 2 saturated heterocycles. The normalized spacial score (nSPS) is 28.2. The highest BCUT2D eigenvalue weighted by Gasteiger charge is 2.49. The van der Waals surface area contributed by atoms with Gasteiger partial charge in [0.05, 0.1) is 36.4 Å². The first kappa shape index (κ1) is 18.2. The Morgan fingerprint density at radius 3 is 2.63 bits per heavy atom. The molecule has 144 valence electrons. The Balaban J connectivity index is 1.62. The SMILES string of the molecule is CC(C)(C)OC(=O)N1C2COCC1CC(O)(c1ccc3ncccc3c1)C2. The zero-order valence-electron chi connectivity index (χ0n) is 16.0. The van der Waals surface area contributed by atoms with E-state index in [4.69, 9.17) is 9.47 Å². The topological polar surface area (TPSA) is 71.9 Å². The second-order valence-corrected chi connectivity index (χ2v) is 8.58. The molecule has 2 aliphatic heterocycles. The molecule has 4 rings (SSSR count).